The molecule has 6 heteroatoms. The van der Waals surface area contributed by atoms with E-state index in [9.17, 15) is 18.4 Å². The highest BCUT2D eigenvalue weighted by atomic mass is 19.2. The van der Waals surface area contributed by atoms with Crippen LogP contribution in [0.2, 0.25) is 0 Å². The van der Waals surface area contributed by atoms with Crippen LogP contribution in [0.1, 0.15) is 18.4 Å². The van der Waals surface area contributed by atoms with Crippen molar-refractivity contribution in [1.29, 1.82) is 0 Å². The molecule has 2 N–H and O–H groups in total. The zero-order valence-corrected chi connectivity index (χ0v) is 9.33. The van der Waals surface area contributed by atoms with Gasteiger partial charge in [0.2, 0.25) is 0 Å². The maximum atomic E-state index is 13.5. The maximum absolute atomic E-state index is 13.5. The first-order valence-electron chi connectivity index (χ1n) is 5.15. The fourth-order valence-corrected chi connectivity index (χ4v) is 1.69. The molecule has 1 atom stereocenters. The van der Waals surface area contributed by atoms with E-state index in [1.807, 2.05) is 0 Å². The molecule has 4 nitrogen and oxygen atoms in total. The number of aromatic nitrogens is 1. The fraction of sp³-hybridized carbons (Fsp3) is 0.167. The Morgan fingerprint density at radius 3 is 2.67 bits per heavy atom. The van der Waals surface area contributed by atoms with Crippen molar-refractivity contribution in [3.63, 3.8) is 0 Å². The van der Waals surface area contributed by atoms with Crippen LogP contribution < -0.4 is 5.56 Å². The second-order valence-corrected chi connectivity index (χ2v) is 3.94. The summed E-state index contributed by atoms with van der Waals surface area (Å²) in [6.45, 7) is 1.30. The summed E-state index contributed by atoms with van der Waals surface area (Å²) in [5.74, 6) is -4.47. The molecule has 0 amide bonds. The van der Waals surface area contributed by atoms with E-state index in [0.29, 0.717) is 0 Å². The zero-order chi connectivity index (χ0) is 13.4. The van der Waals surface area contributed by atoms with Crippen LogP contribution in [0.4, 0.5) is 8.78 Å². The molecule has 1 unspecified atom stereocenters. The SMILES string of the molecule is CC(C(=O)O)c1cc2c(F)c(F)ccc2[nH]c1=O. The van der Waals surface area contributed by atoms with Crippen molar-refractivity contribution in [3.05, 3.63) is 45.8 Å². The summed E-state index contributed by atoms with van der Waals surface area (Å²) < 4.78 is 26.6. The van der Waals surface area contributed by atoms with Crippen LogP contribution in [0, 0.1) is 11.6 Å². The molecule has 0 bridgehead atoms. The first-order chi connectivity index (χ1) is 8.41. The van der Waals surface area contributed by atoms with Crippen LogP contribution in [0.3, 0.4) is 0 Å². The van der Waals surface area contributed by atoms with Gasteiger partial charge in [-0.05, 0) is 25.1 Å². The van der Waals surface area contributed by atoms with Gasteiger partial charge in [-0.2, -0.15) is 0 Å². The predicted molar refractivity (Wildman–Crippen MR) is 60.5 cm³/mol. The van der Waals surface area contributed by atoms with Gasteiger partial charge in [0.05, 0.1) is 11.4 Å². The number of nitrogens with one attached hydrogen (secondary N) is 1. The third kappa shape index (κ3) is 1.85. The average molecular weight is 253 g/mol. The highest BCUT2D eigenvalue weighted by Crippen LogP contribution is 2.21. The number of hydrogen-bond donors (Lipinski definition) is 2. The Bertz CT molecular complexity index is 694. The topological polar surface area (TPSA) is 70.2 Å². The molecule has 0 aliphatic heterocycles. The van der Waals surface area contributed by atoms with Gasteiger partial charge in [-0.3, -0.25) is 9.59 Å². The number of halogens is 2. The van der Waals surface area contributed by atoms with Crippen LogP contribution in [-0.2, 0) is 4.79 Å². The monoisotopic (exact) mass is 253 g/mol. The first-order valence-corrected chi connectivity index (χ1v) is 5.15. The highest BCUT2D eigenvalue weighted by Gasteiger charge is 2.19. The van der Waals surface area contributed by atoms with Crippen LogP contribution in [0.15, 0.2) is 23.0 Å². The number of carboxylic acid groups (broad SMARTS) is 1. The quantitative estimate of drug-likeness (QED) is 0.859. The number of aromatic amines is 1. The predicted octanol–water partition coefficient (Wildman–Crippen LogP) is 1.99. The molecule has 1 heterocycles. The highest BCUT2D eigenvalue weighted by molar-refractivity contribution is 5.82. The largest absolute Gasteiger partial charge is 0.481 e. The van der Waals surface area contributed by atoms with Crippen LogP contribution in [0.5, 0.6) is 0 Å². The van der Waals surface area contributed by atoms with Crippen molar-refractivity contribution >= 4 is 16.9 Å². The lowest BCUT2D eigenvalue weighted by Gasteiger charge is -2.07. The Labute approximate surface area is 99.9 Å². The van der Waals surface area contributed by atoms with Gasteiger partial charge in [0.1, 0.15) is 0 Å². The number of H-pyrrole nitrogens is 1. The Hall–Kier alpha value is -2.24. The number of benzene rings is 1. The van der Waals surface area contributed by atoms with Crippen LogP contribution in [0.25, 0.3) is 10.9 Å². The maximum Gasteiger partial charge on any atom is 0.310 e. The molecule has 0 fully saturated rings. The molecule has 18 heavy (non-hydrogen) atoms. The summed E-state index contributed by atoms with van der Waals surface area (Å²) in [4.78, 5) is 24.8. The van der Waals surface area contributed by atoms with Gasteiger partial charge in [-0.1, -0.05) is 0 Å². The van der Waals surface area contributed by atoms with Crippen molar-refractivity contribution < 1.29 is 18.7 Å². The smallest absolute Gasteiger partial charge is 0.310 e. The number of carbonyl (C=O) groups is 1. The summed E-state index contributed by atoms with van der Waals surface area (Å²) in [5.41, 5.74) is -0.608. The molecular formula is C12H9F2NO3. The molecule has 2 rings (SSSR count). The van der Waals surface area contributed by atoms with Gasteiger partial charge in [0.15, 0.2) is 11.6 Å². The molecular weight excluding hydrogens is 244 g/mol. The molecule has 2 aromatic rings. The van der Waals surface area contributed by atoms with Crippen molar-refractivity contribution in [1.82, 2.24) is 4.98 Å². The lowest BCUT2D eigenvalue weighted by molar-refractivity contribution is -0.138. The summed E-state index contributed by atoms with van der Waals surface area (Å²) in [6, 6.07) is 3.20. The number of hydrogen-bond acceptors (Lipinski definition) is 2. The van der Waals surface area contributed by atoms with E-state index in [2.05, 4.69) is 4.98 Å². The minimum absolute atomic E-state index is 0.112. The van der Waals surface area contributed by atoms with E-state index in [1.54, 1.807) is 0 Å². The summed E-state index contributed by atoms with van der Waals surface area (Å²) in [5, 5.41) is 8.69. The Morgan fingerprint density at radius 2 is 2.06 bits per heavy atom. The number of fused-ring (bicyclic) bond motifs is 1. The van der Waals surface area contributed by atoms with Gasteiger partial charge in [0, 0.05) is 10.9 Å². The summed E-state index contributed by atoms with van der Waals surface area (Å²) >= 11 is 0. The second-order valence-electron chi connectivity index (χ2n) is 3.94. The van der Waals surface area contributed by atoms with E-state index >= 15 is 0 Å². The standard InChI is InChI=1S/C12H9F2NO3/c1-5(12(17)18)6-4-7-9(15-11(6)16)3-2-8(13)10(7)14/h2-5H,1H3,(H,15,16)(H,17,18). The molecule has 0 spiro atoms. The van der Waals surface area contributed by atoms with E-state index in [1.165, 1.54) is 13.0 Å². The molecule has 1 aromatic carbocycles. The van der Waals surface area contributed by atoms with Crippen LogP contribution in [-0.4, -0.2) is 16.1 Å². The first kappa shape index (κ1) is 12.2. The summed E-state index contributed by atoms with van der Waals surface area (Å²) in [7, 11) is 0. The molecule has 94 valence electrons. The number of aliphatic carboxylic acids is 1. The zero-order valence-electron chi connectivity index (χ0n) is 9.33. The Kier molecular flexibility index (Phi) is 2.86. The van der Waals surface area contributed by atoms with Crippen LogP contribution >= 0.6 is 0 Å². The van der Waals surface area contributed by atoms with E-state index in [-0.39, 0.29) is 16.5 Å². The van der Waals surface area contributed by atoms with Crippen molar-refractivity contribution in [2.24, 2.45) is 0 Å². The summed E-state index contributed by atoms with van der Waals surface area (Å²) in [6.07, 6.45) is 0. The minimum atomic E-state index is -1.21. The number of rotatable bonds is 2. The number of pyridine rings is 1. The van der Waals surface area contributed by atoms with Gasteiger partial charge in [-0.15, -0.1) is 0 Å². The van der Waals surface area contributed by atoms with Crippen molar-refractivity contribution in [2.45, 2.75) is 12.8 Å². The Balaban J connectivity index is 2.78. The molecule has 0 saturated carbocycles. The van der Waals surface area contributed by atoms with E-state index in [0.717, 1.165) is 12.1 Å². The normalized spacial score (nSPS) is 12.6. The lowest BCUT2D eigenvalue weighted by atomic mass is 10.0. The minimum Gasteiger partial charge on any atom is -0.481 e. The fourth-order valence-electron chi connectivity index (χ4n) is 1.69. The molecule has 0 saturated heterocycles. The molecule has 0 aliphatic carbocycles. The van der Waals surface area contributed by atoms with Crippen molar-refractivity contribution in [2.75, 3.05) is 0 Å². The van der Waals surface area contributed by atoms with Gasteiger partial charge >= 0.3 is 5.97 Å². The third-order valence-corrected chi connectivity index (χ3v) is 2.78. The molecule has 1 aromatic heterocycles. The molecule has 0 radical (unpaired) electrons. The van der Waals surface area contributed by atoms with Crippen molar-refractivity contribution in [3.8, 4) is 0 Å². The van der Waals surface area contributed by atoms with Gasteiger partial charge in [0.25, 0.3) is 5.56 Å². The van der Waals surface area contributed by atoms with Gasteiger partial charge in [-0.25, -0.2) is 8.78 Å². The molecule has 0 aliphatic rings. The van der Waals surface area contributed by atoms with E-state index in [4.69, 9.17) is 5.11 Å². The van der Waals surface area contributed by atoms with E-state index < -0.39 is 29.1 Å². The lowest BCUT2D eigenvalue weighted by Crippen LogP contribution is -2.20. The third-order valence-electron chi connectivity index (χ3n) is 2.78. The second kappa shape index (κ2) is 4.21. The number of carboxylic acids is 1. The Morgan fingerprint density at radius 1 is 1.39 bits per heavy atom. The average Bonchev–Trinajstić information content (AvgIpc) is 2.32. The van der Waals surface area contributed by atoms with Gasteiger partial charge < -0.3 is 10.1 Å².